The van der Waals surface area contributed by atoms with Crippen LogP contribution in [0.4, 0.5) is 5.69 Å². The fraction of sp³-hybridized carbons (Fsp3) is 0.320. The molecule has 0 unspecified atom stereocenters. The van der Waals surface area contributed by atoms with Crippen LogP contribution in [0.25, 0.3) is 10.9 Å². The van der Waals surface area contributed by atoms with E-state index in [1.54, 1.807) is 55.3 Å². The monoisotopic (exact) mass is 537 g/mol. The number of carbonyl (C=O) groups is 2. The molecular weight excluding hydrogens is 513 g/mol. The minimum Gasteiger partial charge on any atom is -0.462 e. The number of amides is 1. The second-order valence-electron chi connectivity index (χ2n) is 7.88. The third kappa shape index (κ3) is 5.13. The number of pyridine rings is 1. The molecular formula is C25H26Cl3N3O4. The van der Waals surface area contributed by atoms with Crippen LogP contribution in [0.2, 0.25) is 15.1 Å². The number of halogens is 3. The number of carbonyl (C=O) groups excluding carboxylic acids is 2. The highest BCUT2D eigenvalue weighted by atomic mass is 35.5. The second-order valence-corrected chi connectivity index (χ2v) is 9.13. The van der Waals surface area contributed by atoms with Gasteiger partial charge in [-0.2, -0.15) is 0 Å². The van der Waals surface area contributed by atoms with Gasteiger partial charge >= 0.3 is 5.97 Å². The van der Waals surface area contributed by atoms with Gasteiger partial charge in [0.1, 0.15) is 5.56 Å². The first-order chi connectivity index (χ1) is 16.2. The highest BCUT2D eigenvalue weighted by molar-refractivity contribution is 6.42. The van der Waals surface area contributed by atoms with Crippen LogP contribution < -0.4 is 10.5 Å². The van der Waals surface area contributed by atoms with Crippen LogP contribution >= 0.6 is 34.8 Å². The summed E-state index contributed by atoms with van der Waals surface area (Å²) in [5.74, 6) is -0.852. The standard InChI is InChI=1S/C24H22Cl3N3O4.CH4/c1-3-34-24(33)20-21(16-13-15(25)5-7-19(16)28(2)23(20)32)29-8-10-30(11-9-29)22(31)14-4-6-17(26)18(27)12-14;/h4-7,12-13H,3,8-11H2,1-2H3;1H4. The van der Waals surface area contributed by atoms with Gasteiger partial charge in [-0.15, -0.1) is 0 Å². The maximum Gasteiger partial charge on any atom is 0.345 e. The zero-order chi connectivity index (χ0) is 24.6. The molecule has 0 spiro atoms. The van der Waals surface area contributed by atoms with E-state index in [1.807, 2.05) is 4.90 Å². The number of ether oxygens (including phenoxy) is 1. The summed E-state index contributed by atoms with van der Waals surface area (Å²) in [6.07, 6.45) is 0. The largest absolute Gasteiger partial charge is 0.462 e. The van der Waals surface area contributed by atoms with Crippen molar-refractivity contribution in [2.75, 3.05) is 37.7 Å². The predicted octanol–water partition coefficient (Wildman–Crippen LogP) is 5.27. The maximum atomic E-state index is 13.2. The summed E-state index contributed by atoms with van der Waals surface area (Å²) in [5, 5.41) is 1.84. The molecule has 1 amide bonds. The average molecular weight is 539 g/mol. The number of hydrogen-bond acceptors (Lipinski definition) is 5. The molecule has 0 N–H and O–H groups in total. The molecule has 186 valence electrons. The lowest BCUT2D eigenvalue weighted by molar-refractivity contribution is 0.0523. The number of esters is 1. The quantitative estimate of drug-likeness (QED) is 0.423. The molecule has 1 saturated heterocycles. The van der Waals surface area contributed by atoms with Crippen molar-refractivity contribution in [1.29, 1.82) is 0 Å². The topological polar surface area (TPSA) is 71.8 Å². The van der Waals surface area contributed by atoms with Crippen LogP contribution in [0.5, 0.6) is 0 Å². The number of rotatable bonds is 4. The minimum atomic E-state index is -0.686. The normalized spacial score (nSPS) is 13.5. The molecule has 1 aromatic heterocycles. The summed E-state index contributed by atoms with van der Waals surface area (Å²) < 4.78 is 6.63. The van der Waals surface area contributed by atoms with Gasteiger partial charge in [-0.05, 0) is 43.3 Å². The number of aromatic nitrogens is 1. The molecule has 0 bridgehead atoms. The Morgan fingerprint density at radius 2 is 1.66 bits per heavy atom. The number of benzene rings is 2. The summed E-state index contributed by atoms with van der Waals surface area (Å²) in [7, 11) is 1.61. The first-order valence-corrected chi connectivity index (χ1v) is 11.8. The molecule has 7 nitrogen and oxygen atoms in total. The highest BCUT2D eigenvalue weighted by Gasteiger charge is 2.30. The molecule has 2 heterocycles. The number of fused-ring (bicyclic) bond motifs is 1. The molecule has 1 fully saturated rings. The Bertz CT molecular complexity index is 1350. The number of hydrogen-bond donors (Lipinski definition) is 0. The van der Waals surface area contributed by atoms with Gasteiger partial charge in [0.2, 0.25) is 0 Å². The summed E-state index contributed by atoms with van der Waals surface area (Å²) in [4.78, 5) is 42.6. The van der Waals surface area contributed by atoms with Gasteiger partial charge in [0, 0.05) is 49.2 Å². The van der Waals surface area contributed by atoms with Crippen molar-refractivity contribution < 1.29 is 14.3 Å². The predicted molar refractivity (Wildman–Crippen MR) is 141 cm³/mol. The van der Waals surface area contributed by atoms with E-state index in [0.29, 0.717) is 63.4 Å². The van der Waals surface area contributed by atoms with Crippen molar-refractivity contribution >= 4 is 63.3 Å². The Morgan fingerprint density at radius 3 is 2.29 bits per heavy atom. The van der Waals surface area contributed by atoms with Crippen molar-refractivity contribution in [2.45, 2.75) is 14.4 Å². The lowest BCUT2D eigenvalue weighted by Crippen LogP contribution is -2.49. The fourth-order valence-corrected chi connectivity index (χ4v) is 4.63. The smallest absolute Gasteiger partial charge is 0.345 e. The van der Waals surface area contributed by atoms with Crippen LogP contribution in [0.15, 0.2) is 41.2 Å². The van der Waals surface area contributed by atoms with Gasteiger partial charge in [0.05, 0.1) is 27.9 Å². The Balaban J connectivity index is 0.00000342. The minimum absolute atomic E-state index is 0. The van der Waals surface area contributed by atoms with E-state index in [4.69, 9.17) is 39.5 Å². The van der Waals surface area contributed by atoms with E-state index in [0.717, 1.165) is 0 Å². The van der Waals surface area contributed by atoms with Crippen molar-refractivity contribution in [3.05, 3.63) is 72.9 Å². The molecule has 1 aliphatic rings. The summed E-state index contributed by atoms with van der Waals surface area (Å²) in [6, 6.07) is 9.97. The number of aryl methyl sites for hydroxylation is 1. The Hall–Kier alpha value is -2.74. The van der Waals surface area contributed by atoms with E-state index >= 15 is 0 Å². The molecule has 0 atom stereocenters. The number of piperazine rings is 1. The molecule has 0 radical (unpaired) electrons. The van der Waals surface area contributed by atoms with E-state index in [9.17, 15) is 14.4 Å². The van der Waals surface area contributed by atoms with Crippen molar-refractivity contribution in [3.8, 4) is 0 Å². The summed E-state index contributed by atoms with van der Waals surface area (Å²) >= 11 is 18.3. The van der Waals surface area contributed by atoms with Crippen molar-refractivity contribution in [3.63, 3.8) is 0 Å². The van der Waals surface area contributed by atoms with Crippen LogP contribution in [-0.2, 0) is 11.8 Å². The van der Waals surface area contributed by atoms with Gasteiger partial charge in [0.25, 0.3) is 11.5 Å². The first kappa shape index (κ1) is 26.9. The van der Waals surface area contributed by atoms with Crippen LogP contribution in [0, 0.1) is 0 Å². The zero-order valence-electron chi connectivity index (χ0n) is 18.6. The zero-order valence-corrected chi connectivity index (χ0v) is 20.9. The van der Waals surface area contributed by atoms with Gasteiger partial charge in [-0.25, -0.2) is 4.79 Å². The first-order valence-electron chi connectivity index (χ1n) is 10.7. The van der Waals surface area contributed by atoms with Crippen LogP contribution in [-0.4, -0.2) is 54.1 Å². The Labute approximate surface area is 218 Å². The van der Waals surface area contributed by atoms with E-state index in [1.165, 1.54) is 4.57 Å². The Kier molecular flexibility index (Phi) is 8.36. The molecule has 0 aliphatic carbocycles. The third-order valence-electron chi connectivity index (χ3n) is 5.86. The van der Waals surface area contributed by atoms with Crippen molar-refractivity contribution in [2.24, 2.45) is 7.05 Å². The third-order valence-corrected chi connectivity index (χ3v) is 6.83. The van der Waals surface area contributed by atoms with Gasteiger partial charge in [-0.3, -0.25) is 9.59 Å². The van der Waals surface area contributed by atoms with Crippen LogP contribution in [0.1, 0.15) is 35.1 Å². The lowest BCUT2D eigenvalue weighted by Gasteiger charge is -2.37. The highest BCUT2D eigenvalue weighted by Crippen LogP contribution is 2.32. The molecule has 10 heteroatoms. The summed E-state index contributed by atoms with van der Waals surface area (Å²) in [6.45, 7) is 3.42. The second kappa shape index (κ2) is 10.9. The number of nitrogens with zero attached hydrogens (tertiary/aromatic N) is 3. The van der Waals surface area contributed by atoms with Crippen LogP contribution in [0.3, 0.4) is 0 Å². The maximum absolute atomic E-state index is 13.2. The van der Waals surface area contributed by atoms with E-state index in [2.05, 4.69) is 0 Å². The molecule has 0 saturated carbocycles. The Morgan fingerprint density at radius 1 is 0.971 bits per heavy atom. The SMILES string of the molecule is C.CCOC(=O)c1c(N2CCN(C(=O)c3ccc(Cl)c(Cl)c3)CC2)c2cc(Cl)ccc2n(C)c1=O. The molecule has 35 heavy (non-hydrogen) atoms. The van der Waals surface area contributed by atoms with Crippen molar-refractivity contribution in [1.82, 2.24) is 9.47 Å². The van der Waals surface area contributed by atoms with Gasteiger partial charge in [0.15, 0.2) is 0 Å². The fourth-order valence-electron chi connectivity index (χ4n) is 4.16. The summed E-state index contributed by atoms with van der Waals surface area (Å²) in [5.41, 5.74) is 1.08. The molecule has 2 aromatic carbocycles. The lowest BCUT2D eigenvalue weighted by atomic mass is 10.1. The van der Waals surface area contributed by atoms with Gasteiger partial charge in [-0.1, -0.05) is 42.2 Å². The molecule has 4 rings (SSSR count). The number of anilines is 1. The van der Waals surface area contributed by atoms with Gasteiger partial charge < -0.3 is 19.1 Å². The molecule has 3 aromatic rings. The van der Waals surface area contributed by atoms with E-state index in [-0.39, 0.29) is 25.5 Å². The average Bonchev–Trinajstić information content (AvgIpc) is 2.82. The molecule has 1 aliphatic heterocycles. The van der Waals surface area contributed by atoms with E-state index < -0.39 is 11.5 Å².